The van der Waals surface area contributed by atoms with Crippen molar-refractivity contribution < 1.29 is 14.3 Å². The predicted octanol–water partition coefficient (Wildman–Crippen LogP) is 2.31. The van der Waals surface area contributed by atoms with Crippen LogP contribution in [0.15, 0.2) is 42.6 Å². The maximum atomic E-state index is 12.0. The van der Waals surface area contributed by atoms with Crippen molar-refractivity contribution in [3.63, 3.8) is 0 Å². The molecule has 1 heterocycles. The number of hydrogen-bond donors (Lipinski definition) is 1. The molecule has 6 nitrogen and oxygen atoms in total. The van der Waals surface area contributed by atoms with Gasteiger partial charge in [0.15, 0.2) is 0 Å². The topological polar surface area (TPSA) is 71.5 Å². The lowest BCUT2D eigenvalue weighted by atomic mass is 10.2. The Labute approximate surface area is 128 Å². The van der Waals surface area contributed by atoms with Crippen molar-refractivity contribution in [2.75, 3.05) is 26.5 Å². The first kappa shape index (κ1) is 15.5. The second kappa shape index (κ2) is 6.71. The van der Waals surface area contributed by atoms with Crippen LogP contribution < -0.4 is 5.32 Å². The van der Waals surface area contributed by atoms with Crippen molar-refractivity contribution in [2.24, 2.45) is 0 Å². The van der Waals surface area contributed by atoms with Gasteiger partial charge < -0.3 is 15.0 Å². The zero-order valence-electron chi connectivity index (χ0n) is 12.7. The van der Waals surface area contributed by atoms with Crippen LogP contribution in [-0.4, -0.2) is 43.0 Å². The van der Waals surface area contributed by atoms with Crippen LogP contribution in [0.3, 0.4) is 0 Å². The number of nitrogens with one attached hydrogen (secondary N) is 1. The fourth-order valence-corrected chi connectivity index (χ4v) is 1.88. The lowest BCUT2D eigenvalue weighted by molar-refractivity contribution is 0.0600. The van der Waals surface area contributed by atoms with E-state index >= 15 is 0 Å². The van der Waals surface area contributed by atoms with E-state index in [1.807, 2.05) is 6.07 Å². The summed E-state index contributed by atoms with van der Waals surface area (Å²) in [5.41, 5.74) is 1.68. The molecular weight excluding hydrogens is 282 g/mol. The number of anilines is 2. The number of aromatic nitrogens is 1. The molecule has 0 aliphatic heterocycles. The Balaban J connectivity index is 2.22. The van der Waals surface area contributed by atoms with E-state index in [1.165, 1.54) is 18.2 Å². The molecule has 0 spiro atoms. The van der Waals surface area contributed by atoms with Gasteiger partial charge in [-0.1, -0.05) is 6.07 Å². The third-order valence-corrected chi connectivity index (χ3v) is 2.97. The van der Waals surface area contributed by atoms with Crippen LogP contribution >= 0.6 is 0 Å². The average molecular weight is 299 g/mol. The van der Waals surface area contributed by atoms with Crippen LogP contribution in [0.5, 0.6) is 0 Å². The summed E-state index contributed by atoms with van der Waals surface area (Å²) in [6.07, 6.45) is 1.52. The fraction of sp³-hybridized carbons (Fsp3) is 0.188. The summed E-state index contributed by atoms with van der Waals surface area (Å²) >= 11 is 0. The molecule has 0 atom stereocenters. The lowest BCUT2D eigenvalue weighted by Gasteiger charge is -2.12. The number of benzene rings is 1. The van der Waals surface area contributed by atoms with Crippen molar-refractivity contribution in [1.29, 1.82) is 0 Å². The quantitative estimate of drug-likeness (QED) is 0.877. The van der Waals surface area contributed by atoms with Gasteiger partial charge in [0.25, 0.3) is 5.91 Å². The molecule has 1 N–H and O–H groups in total. The van der Waals surface area contributed by atoms with Crippen LogP contribution in [0.25, 0.3) is 0 Å². The highest BCUT2D eigenvalue weighted by atomic mass is 16.5. The van der Waals surface area contributed by atoms with Crippen molar-refractivity contribution >= 4 is 23.4 Å². The lowest BCUT2D eigenvalue weighted by Crippen LogP contribution is -2.21. The fourth-order valence-electron chi connectivity index (χ4n) is 1.88. The molecule has 2 rings (SSSR count). The van der Waals surface area contributed by atoms with Gasteiger partial charge in [-0.3, -0.25) is 4.79 Å². The molecule has 22 heavy (non-hydrogen) atoms. The van der Waals surface area contributed by atoms with E-state index in [-0.39, 0.29) is 5.91 Å². The predicted molar refractivity (Wildman–Crippen MR) is 83.3 cm³/mol. The van der Waals surface area contributed by atoms with Crippen LogP contribution in [0.2, 0.25) is 0 Å². The molecule has 0 radical (unpaired) electrons. The molecular formula is C16H17N3O3. The summed E-state index contributed by atoms with van der Waals surface area (Å²) in [6.45, 7) is 0. The van der Waals surface area contributed by atoms with E-state index in [1.54, 1.807) is 44.4 Å². The van der Waals surface area contributed by atoms with Gasteiger partial charge in [0, 0.05) is 31.5 Å². The standard InChI is InChI=1S/C16H17N3O3/c1-19(2)15(20)11-5-4-6-13(9-11)18-14-10-12(7-8-17-14)16(21)22-3/h4-10H,1-3H3,(H,17,18). The number of nitrogens with zero attached hydrogens (tertiary/aromatic N) is 2. The van der Waals surface area contributed by atoms with Gasteiger partial charge in [0.2, 0.25) is 0 Å². The molecule has 0 fully saturated rings. The molecule has 1 amide bonds. The first-order valence-electron chi connectivity index (χ1n) is 6.64. The zero-order chi connectivity index (χ0) is 16.1. The maximum absolute atomic E-state index is 12.0. The number of rotatable bonds is 4. The molecule has 0 aliphatic carbocycles. The van der Waals surface area contributed by atoms with Crippen LogP contribution in [0.1, 0.15) is 20.7 Å². The van der Waals surface area contributed by atoms with Crippen LogP contribution in [-0.2, 0) is 4.74 Å². The Kier molecular flexibility index (Phi) is 4.73. The summed E-state index contributed by atoms with van der Waals surface area (Å²) in [6, 6.07) is 10.2. The average Bonchev–Trinajstić information content (AvgIpc) is 2.53. The Bertz CT molecular complexity index is 699. The minimum absolute atomic E-state index is 0.0834. The largest absolute Gasteiger partial charge is 0.465 e. The molecule has 0 saturated carbocycles. The molecule has 2 aromatic rings. The van der Waals surface area contributed by atoms with Gasteiger partial charge in [-0.15, -0.1) is 0 Å². The number of pyridine rings is 1. The van der Waals surface area contributed by atoms with Gasteiger partial charge in [0.05, 0.1) is 12.7 Å². The van der Waals surface area contributed by atoms with E-state index in [0.717, 1.165) is 0 Å². The molecule has 114 valence electrons. The Morgan fingerprint density at radius 1 is 1.14 bits per heavy atom. The van der Waals surface area contributed by atoms with E-state index in [0.29, 0.717) is 22.6 Å². The third kappa shape index (κ3) is 3.60. The molecule has 0 bridgehead atoms. The maximum Gasteiger partial charge on any atom is 0.338 e. The normalized spacial score (nSPS) is 9.95. The molecule has 6 heteroatoms. The number of hydrogen-bond acceptors (Lipinski definition) is 5. The van der Waals surface area contributed by atoms with Gasteiger partial charge >= 0.3 is 5.97 Å². The molecule has 1 aromatic heterocycles. The highest BCUT2D eigenvalue weighted by Gasteiger charge is 2.09. The Morgan fingerprint density at radius 3 is 2.59 bits per heavy atom. The molecule has 1 aromatic carbocycles. The number of ether oxygens (including phenoxy) is 1. The van der Waals surface area contributed by atoms with Gasteiger partial charge in [0.1, 0.15) is 5.82 Å². The van der Waals surface area contributed by atoms with Crippen molar-refractivity contribution in [3.05, 3.63) is 53.7 Å². The second-order valence-corrected chi connectivity index (χ2v) is 4.83. The first-order chi connectivity index (χ1) is 10.5. The minimum Gasteiger partial charge on any atom is -0.465 e. The SMILES string of the molecule is COC(=O)c1ccnc(Nc2cccc(C(=O)N(C)C)c2)c1. The van der Waals surface area contributed by atoms with Crippen molar-refractivity contribution in [3.8, 4) is 0 Å². The Hall–Kier alpha value is -2.89. The first-order valence-corrected chi connectivity index (χ1v) is 6.64. The smallest absolute Gasteiger partial charge is 0.338 e. The molecule has 0 saturated heterocycles. The minimum atomic E-state index is -0.429. The summed E-state index contributed by atoms with van der Waals surface area (Å²) in [7, 11) is 4.72. The Morgan fingerprint density at radius 2 is 1.91 bits per heavy atom. The number of amides is 1. The van der Waals surface area contributed by atoms with Crippen molar-refractivity contribution in [1.82, 2.24) is 9.88 Å². The van der Waals surface area contributed by atoms with E-state index in [4.69, 9.17) is 0 Å². The number of methoxy groups -OCH3 is 1. The number of carbonyl (C=O) groups excluding carboxylic acids is 2. The molecule has 0 aliphatic rings. The van der Waals surface area contributed by atoms with Gasteiger partial charge in [-0.2, -0.15) is 0 Å². The van der Waals surface area contributed by atoms with Gasteiger partial charge in [-0.05, 0) is 30.3 Å². The third-order valence-electron chi connectivity index (χ3n) is 2.97. The molecule has 0 unspecified atom stereocenters. The zero-order valence-corrected chi connectivity index (χ0v) is 12.7. The highest BCUT2D eigenvalue weighted by molar-refractivity contribution is 5.95. The summed E-state index contributed by atoms with van der Waals surface area (Å²) in [5, 5.41) is 3.07. The number of esters is 1. The summed E-state index contributed by atoms with van der Waals surface area (Å²) in [5.74, 6) is -0.0146. The van der Waals surface area contributed by atoms with Crippen LogP contribution in [0.4, 0.5) is 11.5 Å². The van der Waals surface area contributed by atoms with E-state index in [9.17, 15) is 9.59 Å². The summed E-state index contributed by atoms with van der Waals surface area (Å²) in [4.78, 5) is 29.1. The summed E-state index contributed by atoms with van der Waals surface area (Å²) < 4.78 is 4.67. The number of carbonyl (C=O) groups is 2. The van der Waals surface area contributed by atoms with E-state index in [2.05, 4.69) is 15.0 Å². The second-order valence-electron chi connectivity index (χ2n) is 4.83. The van der Waals surface area contributed by atoms with Crippen molar-refractivity contribution in [2.45, 2.75) is 0 Å². The highest BCUT2D eigenvalue weighted by Crippen LogP contribution is 2.18. The monoisotopic (exact) mass is 299 g/mol. The van der Waals surface area contributed by atoms with E-state index < -0.39 is 5.97 Å². The van der Waals surface area contributed by atoms with Crippen LogP contribution in [0, 0.1) is 0 Å². The van der Waals surface area contributed by atoms with Gasteiger partial charge in [-0.25, -0.2) is 9.78 Å².